The molecular weight excluding hydrogens is 304 g/mol. The fourth-order valence-corrected chi connectivity index (χ4v) is 2.80. The highest BCUT2D eigenvalue weighted by Crippen LogP contribution is 2.30. The molecular formula is C14H12N4OS2. The highest BCUT2D eigenvalue weighted by molar-refractivity contribution is 8.00. The normalized spacial score (nSPS) is 10.1. The third-order valence-corrected chi connectivity index (χ3v) is 4.09. The monoisotopic (exact) mass is 316 g/mol. The Balaban J connectivity index is 2.56. The summed E-state index contributed by atoms with van der Waals surface area (Å²) in [6.07, 6.45) is 1.86. The number of nitrogens with zero attached hydrogens (tertiary/aromatic N) is 3. The van der Waals surface area contributed by atoms with Crippen molar-refractivity contribution < 1.29 is 4.79 Å². The molecule has 0 aliphatic heterocycles. The second-order valence-corrected chi connectivity index (χ2v) is 5.71. The van der Waals surface area contributed by atoms with E-state index in [4.69, 9.17) is 5.73 Å². The van der Waals surface area contributed by atoms with E-state index in [0.29, 0.717) is 21.4 Å². The first-order valence-electron chi connectivity index (χ1n) is 5.98. The Morgan fingerprint density at radius 3 is 2.62 bits per heavy atom. The third-order valence-electron chi connectivity index (χ3n) is 2.55. The van der Waals surface area contributed by atoms with Gasteiger partial charge >= 0.3 is 0 Å². The van der Waals surface area contributed by atoms with Gasteiger partial charge in [-0.05, 0) is 6.26 Å². The predicted molar refractivity (Wildman–Crippen MR) is 83.9 cm³/mol. The number of carbonyl (C=O) groups is 1. The van der Waals surface area contributed by atoms with E-state index in [-0.39, 0.29) is 5.75 Å². The Kier molecular flexibility index (Phi) is 5.20. The number of aromatic nitrogens is 2. The van der Waals surface area contributed by atoms with Crippen molar-refractivity contribution in [1.82, 2.24) is 9.97 Å². The number of amides is 1. The number of primary amides is 1. The highest BCUT2D eigenvalue weighted by Gasteiger charge is 2.16. The number of benzene rings is 1. The van der Waals surface area contributed by atoms with Gasteiger partial charge in [0.15, 0.2) is 5.16 Å². The third kappa shape index (κ3) is 3.74. The second-order valence-electron chi connectivity index (χ2n) is 3.97. The van der Waals surface area contributed by atoms with Gasteiger partial charge in [-0.25, -0.2) is 9.97 Å². The van der Waals surface area contributed by atoms with Crippen molar-refractivity contribution in [3.05, 3.63) is 35.9 Å². The Bertz CT molecular complexity index is 698. The number of carbonyl (C=O) groups excluding carboxylic acids is 1. The maximum Gasteiger partial charge on any atom is 0.227 e. The van der Waals surface area contributed by atoms with E-state index >= 15 is 0 Å². The summed E-state index contributed by atoms with van der Waals surface area (Å²) in [4.78, 5) is 19.7. The lowest BCUT2D eigenvalue weighted by molar-refractivity contribution is -0.115. The fraction of sp³-hybridized carbons (Fsp3) is 0.143. The van der Waals surface area contributed by atoms with Crippen LogP contribution < -0.4 is 5.73 Å². The number of nitrogens with two attached hydrogens (primary N) is 1. The summed E-state index contributed by atoms with van der Waals surface area (Å²) in [5.41, 5.74) is 6.94. The molecule has 0 fully saturated rings. The van der Waals surface area contributed by atoms with Crippen LogP contribution in [0.2, 0.25) is 0 Å². The van der Waals surface area contributed by atoms with Crippen molar-refractivity contribution in [2.45, 2.75) is 10.2 Å². The molecule has 0 saturated carbocycles. The van der Waals surface area contributed by atoms with Crippen LogP contribution >= 0.6 is 23.5 Å². The van der Waals surface area contributed by atoms with E-state index < -0.39 is 5.91 Å². The number of nitriles is 1. The number of rotatable bonds is 5. The van der Waals surface area contributed by atoms with Crippen LogP contribution in [0.5, 0.6) is 0 Å². The smallest absolute Gasteiger partial charge is 0.227 e. The molecule has 2 rings (SSSR count). The number of hydrogen-bond acceptors (Lipinski definition) is 6. The number of thioether (sulfide) groups is 2. The van der Waals surface area contributed by atoms with Gasteiger partial charge in [-0.1, -0.05) is 53.9 Å². The SMILES string of the molecule is CSc1nc(SCC(N)=O)c(C#N)c(-c2ccccc2)n1. The van der Waals surface area contributed by atoms with Crippen LogP contribution in [0.3, 0.4) is 0 Å². The van der Waals surface area contributed by atoms with Gasteiger partial charge in [-0.3, -0.25) is 4.79 Å². The average molecular weight is 316 g/mol. The van der Waals surface area contributed by atoms with Gasteiger partial charge in [0, 0.05) is 5.56 Å². The van der Waals surface area contributed by atoms with Gasteiger partial charge in [0.25, 0.3) is 0 Å². The van der Waals surface area contributed by atoms with Crippen molar-refractivity contribution in [3.63, 3.8) is 0 Å². The largest absolute Gasteiger partial charge is 0.369 e. The predicted octanol–water partition coefficient (Wildman–Crippen LogP) is 2.31. The van der Waals surface area contributed by atoms with Crippen LogP contribution in [0.25, 0.3) is 11.3 Å². The molecule has 0 bridgehead atoms. The van der Waals surface area contributed by atoms with Crippen molar-refractivity contribution in [1.29, 1.82) is 5.26 Å². The molecule has 1 heterocycles. The maximum atomic E-state index is 11.0. The second kappa shape index (κ2) is 7.11. The zero-order chi connectivity index (χ0) is 15.2. The molecule has 1 aromatic heterocycles. The van der Waals surface area contributed by atoms with Gasteiger partial charge in [-0.15, -0.1) is 0 Å². The molecule has 0 spiro atoms. The zero-order valence-corrected chi connectivity index (χ0v) is 12.9. The summed E-state index contributed by atoms with van der Waals surface area (Å²) in [5, 5.41) is 10.5. The minimum Gasteiger partial charge on any atom is -0.369 e. The first-order valence-corrected chi connectivity index (χ1v) is 8.19. The first kappa shape index (κ1) is 15.4. The standard InChI is InChI=1S/C14H12N4OS2/c1-20-14-17-12(9-5-3-2-4-6-9)10(7-15)13(18-14)21-8-11(16)19/h2-6H,8H2,1H3,(H2,16,19). The summed E-state index contributed by atoms with van der Waals surface area (Å²) in [7, 11) is 0. The Morgan fingerprint density at radius 1 is 1.33 bits per heavy atom. The van der Waals surface area contributed by atoms with E-state index in [9.17, 15) is 10.1 Å². The topological polar surface area (TPSA) is 92.7 Å². The van der Waals surface area contributed by atoms with Crippen LogP contribution in [0.15, 0.2) is 40.5 Å². The van der Waals surface area contributed by atoms with Gasteiger partial charge < -0.3 is 5.73 Å². The Labute approximate surface area is 131 Å². The van der Waals surface area contributed by atoms with E-state index in [0.717, 1.165) is 17.3 Å². The van der Waals surface area contributed by atoms with Crippen LogP contribution in [0.1, 0.15) is 5.56 Å². The van der Waals surface area contributed by atoms with Gasteiger partial charge in [0.2, 0.25) is 5.91 Å². The molecule has 1 amide bonds. The molecule has 106 valence electrons. The van der Waals surface area contributed by atoms with E-state index in [1.54, 1.807) is 0 Å². The molecule has 0 radical (unpaired) electrons. The van der Waals surface area contributed by atoms with Gasteiger partial charge in [0.05, 0.1) is 11.4 Å². The lowest BCUT2D eigenvalue weighted by Gasteiger charge is -2.09. The van der Waals surface area contributed by atoms with E-state index in [1.807, 2.05) is 36.6 Å². The molecule has 0 aliphatic rings. The summed E-state index contributed by atoms with van der Waals surface area (Å²) in [5.74, 6) is -0.372. The van der Waals surface area contributed by atoms with Crippen LogP contribution in [0.4, 0.5) is 0 Å². The van der Waals surface area contributed by atoms with Crippen molar-refractivity contribution in [2.75, 3.05) is 12.0 Å². The minimum atomic E-state index is -0.450. The van der Waals surface area contributed by atoms with Crippen LogP contribution in [-0.2, 0) is 4.79 Å². The number of hydrogen-bond donors (Lipinski definition) is 1. The minimum absolute atomic E-state index is 0.0771. The Hall–Kier alpha value is -2.04. The molecule has 0 atom stereocenters. The molecule has 0 unspecified atom stereocenters. The maximum absolute atomic E-state index is 11.0. The molecule has 5 nitrogen and oxygen atoms in total. The fourth-order valence-electron chi connectivity index (χ4n) is 1.66. The molecule has 0 saturated heterocycles. The van der Waals surface area contributed by atoms with E-state index in [2.05, 4.69) is 16.0 Å². The summed E-state index contributed by atoms with van der Waals surface area (Å²) in [6, 6.07) is 11.6. The molecule has 7 heteroatoms. The summed E-state index contributed by atoms with van der Waals surface area (Å²) in [6.45, 7) is 0. The lowest BCUT2D eigenvalue weighted by atomic mass is 10.1. The molecule has 0 aliphatic carbocycles. The van der Waals surface area contributed by atoms with Crippen LogP contribution in [-0.4, -0.2) is 27.9 Å². The summed E-state index contributed by atoms with van der Waals surface area (Å²) < 4.78 is 0. The Morgan fingerprint density at radius 2 is 2.05 bits per heavy atom. The molecule has 2 N–H and O–H groups in total. The van der Waals surface area contributed by atoms with Gasteiger partial charge in [0.1, 0.15) is 16.7 Å². The quantitative estimate of drug-likeness (QED) is 0.517. The van der Waals surface area contributed by atoms with Crippen molar-refractivity contribution >= 4 is 29.4 Å². The molecule has 21 heavy (non-hydrogen) atoms. The zero-order valence-electron chi connectivity index (χ0n) is 11.2. The summed E-state index contributed by atoms with van der Waals surface area (Å²) >= 11 is 2.54. The van der Waals surface area contributed by atoms with Crippen molar-refractivity contribution in [2.24, 2.45) is 5.73 Å². The van der Waals surface area contributed by atoms with Crippen LogP contribution in [0, 0.1) is 11.3 Å². The average Bonchev–Trinajstić information content (AvgIpc) is 2.52. The lowest BCUT2D eigenvalue weighted by Crippen LogP contribution is -2.13. The first-order chi connectivity index (χ1) is 10.2. The molecule has 1 aromatic carbocycles. The van der Waals surface area contributed by atoms with Crippen molar-refractivity contribution in [3.8, 4) is 17.3 Å². The van der Waals surface area contributed by atoms with E-state index in [1.165, 1.54) is 11.8 Å². The highest BCUT2D eigenvalue weighted by atomic mass is 32.2. The molecule has 2 aromatic rings. The van der Waals surface area contributed by atoms with Gasteiger partial charge in [-0.2, -0.15) is 5.26 Å².